The summed E-state index contributed by atoms with van der Waals surface area (Å²) in [4.78, 5) is 14.5. The summed E-state index contributed by atoms with van der Waals surface area (Å²) in [6.07, 6.45) is 2.80. The minimum Gasteiger partial charge on any atom is -0.465 e. The molecule has 1 amide bonds. The average molecular weight is 366 g/mol. The molecule has 0 aromatic carbocycles. The number of furan rings is 1. The third kappa shape index (κ3) is 3.34. The van der Waals surface area contributed by atoms with Crippen LogP contribution in [-0.4, -0.2) is 36.7 Å². The van der Waals surface area contributed by atoms with Gasteiger partial charge in [0.05, 0.1) is 6.20 Å². The molecule has 1 aliphatic heterocycles. The highest BCUT2D eigenvalue weighted by atomic mass is 32.2. The van der Waals surface area contributed by atoms with E-state index in [-0.39, 0.29) is 10.8 Å². The average Bonchev–Trinajstić information content (AvgIpc) is 3.15. The van der Waals surface area contributed by atoms with Crippen molar-refractivity contribution in [1.29, 1.82) is 0 Å². The molecule has 1 N–H and O–H groups in total. The number of carbonyl (C=O) groups is 1. The van der Waals surface area contributed by atoms with Gasteiger partial charge in [-0.15, -0.1) is 0 Å². The predicted octanol–water partition coefficient (Wildman–Crippen LogP) is 1.59. The SMILES string of the molecule is CCn1nccc1N1CCC[C@H](NS(=O)(=O)c2cc(C)oc2C)C1=O. The van der Waals surface area contributed by atoms with Gasteiger partial charge in [-0.25, -0.2) is 13.1 Å². The summed E-state index contributed by atoms with van der Waals surface area (Å²) in [7, 11) is -3.82. The van der Waals surface area contributed by atoms with Crippen molar-refractivity contribution >= 4 is 21.7 Å². The lowest BCUT2D eigenvalue weighted by Gasteiger charge is -2.32. The summed E-state index contributed by atoms with van der Waals surface area (Å²) >= 11 is 0. The van der Waals surface area contributed by atoms with Gasteiger partial charge in [0, 0.05) is 19.2 Å². The molecule has 0 spiro atoms. The van der Waals surface area contributed by atoms with Crippen LogP contribution in [0.25, 0.3) is 0 Å². The molecular weight excluding hydrogens is 344 g/mol. The fraction of sp³-hybridized carbons (Fsp3) is 0.500. The molecule has 0 unspecified atom stereocenters. The van der Waals surface area contributed by atoms with Gasteiger partial charge >= 0.3 is 0 Å². The number of anilines is 1. The highest BCUT2D eigenvalue weighted by Gasteiger charge is 2.35. The largest absolute Gasteiger partial charge is 0.465 e. The summed E-state index contributed by atoms with van der Waals surface area (Å²) in [5.74, 6) is 1.25. The van der Waals surface area contributed by atoms with E-state index in [9.17, 15) is 13.2 Å². The first kappa shape index (κ1) is 17.7. The summed E-state index contributed by atoms with van der Waals surface area (Å²) in [6, 6.07) is 2.44. The monoisotopic (exact) mass is 366 g/mol. The van der Waals surface area contributed by atoms with Crippen LogP contribution in [0.1, 0.15) is 31.3 Å². The smallest absolute Gasteiger partial charge is 0.246 e. The quantitative estimate of drug-likeness (QED) is 0.866. The fourth-order valence-corrected chi connectivity index (χ4v) is 4.60. The van der Waals surface area contributed by atoms with Crippen molar-refractivity contribution in [3.8, 4) is 0 Å². The molecule has 0 aliphatic carbocycles. The zero-order chi connectivity index (χ0) is 18.2. The number of piperidine rings is 1. The van der Waals surface area contributed by atoms with Crippen LogP contribution < -0.4 is 9.62 Å². The zero-order valence-corrected chi connectivity index (χ0v) is 15.3. The van der Waals surface area contributed by atoms with Gasteiger partial charge in [0.1, 0.15) is 28.3 Å². The van der Waals surface area contributed by atoms with Crippen LogP contribution in [0.5, 0.6) is 0 Å². The van der Waals surface area contributed by atoms with Crippen molar-refractivity contribution in [3.63, 3.8) is 0 Å². The number of aromatic nitrogens is 2. The molecule has 1 saturated heterocycles. The molecule has 0 radical (unpaired) electrons. The van der Waals surface area contributed by atoms with Crippen molar-refractivity contribution in [2.75, 3.05) is 11.4 Å². The third-order valence-corrected chi connectivity index (χ3v) is 5.87. The highest BCUT2D eigenvalue weighted by Crippen LogP contribution is 2.24. The summed E-state index contributed by atoms with van der Waals surface area (Å²) in [5.41, 5.74) is 0. The Balaban J connectivity index is 1.83. The van der Waals surface area contributed by atoms with E-state index in [2.05, 4.69) is 9.82 Å². The number of nitrogens with zero attached hydrogens (tertiary/aromatic N) is 3. The number of hydrogen-bond donors (Lipinski definition) is 1. The normalized spacial score (nSPS) is 18.8. The standard InChI is InChI=1S/C16H22N4O4S/c1-4-20-15(7-8-17-20)19-9-5-6-13(16(19)21)18-25(22,23)14-10-11(2)24-12(14)3/h7-8,10,13,18H,4-6,9H2,1-3H3/t13-/m0/s1. The van der Waals surface area contributed by atoms with Crippen LogP contribution in [-0.2, 0) is 21.4 Å². The number of rotatable bonds is 5. The molecule has 3 heterocycles. The second-order valence-corrected chi connectivity index (χ2v) is 7.77. The maximum atomic E-state index is 12.8. The topological polar surface area (TPSA) is 97.4 Å². The summed E-state index contributed by atoms with van der Waals surface area (Å²) in [5, 5.41) is 4.18. The van der Waals surface area contributed by atoms with E-state index in [1.807, 2.05) is 6.92 Å². The van der Waals surface area contributed by atoms with E-state index in [1.54, 1.807) is 35.7 Å². The van der Waals surface area contributed by atoms with E-state index in [0.717, 1.165) is 0 Å². The molecule has 25 heavy (non-hydrogen) atoms. The molecule has 9 heteroatoms. The Bertz CT molecular complexity index is 884. The van der Waals surface area contributed by atoms with Crippen molar-refractivity contribution in [3.05, 3.63) is 29.9 Å². The Morgan fingerprint density at radius 2 is 2.16 bits per heavy atom. The first-order chi connectivity index (χ1) is 11.8. The highest BCUT2D eigenvalue weighted by molar-refractivity contribution is 7.89. The molecule has 1 aliphatic rings. The van der Waals surface area contributed by atoms with Crippen LogP contribution in [0.2, 0.25) is 0 Å². The second-order valence-electron chi connectivity index (χ2n) is 6.09. The number of carbonyl (C=O) groups excluding carboxylic acids is 1. The lowest BCUT2D eigenvalue weighted by Crippen LogP contribution is -2.52. The van der Waals surface area contributed by atoms with Crippen LogP contribution in [0.15, 0.2) is 27.6 Å². The Hall–Kier alpha value is -2.13. The molecule has 0 saturated carbocycles. The second kappa shape index (κ2) is 6.64. The van der Waals surface area contributed by atoms with Gasteiger partial charge in [-0.1, -0.05) is 0 Å². The van der Waals surface area contributed by atoms with Gasteiger partial charge in [-0.2, -0.15) is 9.82 Å². The molecular formula is C16H22N4O4S. The van der Waals surface area contributed by atoms with Gasteiger partial charge in [0.25, 0.3) is 0 Å². The molecule has 0 bridgehead atoms. The minimum atomic E-state index is -3.82. The number of amides is 1. The zero-order valence-electron chi connectivity index (χ0n) is 14.5. The summed E-state index contributed by atoms with van der Waals surface area (Å²) in [6.45, 7) is 6.40. The van der Waals surface area contributed by atoms with Crippen LogP contribution in [0.4, 0.5) is 5.82 Å². The first-order valence-electron chi connectivity index (χ1n) is 8.26. The molecule has 1 atom stereocenters. The van der Waals surface area contributed by atoms with Crippen molar-refractivity contribution in [2.24, 2.45) is 0 Å². The van der Waals surface area contributed by atoms with Gasteiger partial charge in [0.15, 0.2) is 0 Å². The number of nitrogens with one attached hydrogen (secondary N) is 1. The van der Waals surface area contributed by atoms with Crippen LogP contribution >= 0.6 is 0 Å². The maximum Gasteiger partial charge on any atom is 0.246 e. The lowest BCUT2D eigenvalue weighted by atomic mass is 10.1. The van der Waals surface area contributed by atoms with E-state index in [0.29, 0.717) is 43.3 Å². The Morgan fingerprint density at radius 1 is 1.40 bits per heavy atom. The maximum absolute atomic E-state index is 12.8. The van der Waals surface area contributed by atoms with E-state index >= 15 is 0 Å². The number of hydrogen-bond acceptors (Lipinski definition) is 5. The first-order valence-corrected chi connectivity index (χ1v) is 9.74. The third-order valence-electron chi connectivity index (χ3n) is 4.29. The van der Waals surface area contributed by atoms with Gasteiger partial charge in [-0.3, -0.25) is 9.69 Å². The summed E-state index contributed by atoms with van der Waals surface area (Å²) < 4.78 is 34.8. The molecule has 136 valence electrons. The molecule has 1 fully saturated rings. The van der Waals surface area contributed by atoms with Gasteiger partial charge in [-0.05, 0) is 39.7 Å². The molecule has 2 aromatic heterocycles. The Kier molecular flexibility index (Phi) is 4.70. The van der Waals surface area contributed by atoms with E-state index < -0.39 is 16.1 Å². The van der Waals surface area contributed by atoms with Gasteiger partial charge in [0.2, 0.25) is 15.9 Å². The Labute approximate surface area is 146 Å². The van der Waals surface area contributed by atoms with Crippen LogP contribution in [0.3, 0.4) is 0 Å². The van der Waals surface area contributed by atoms with Crippen molar-refractivity contribution in [2.45, 2.75) is 51.1 Å². The number of sulfonamides is 1. The predicted molar refractivity (Wildman–Crippen MR) is 91.8 cm³/mol. The van der Waals surface area contributed by atoms with Gasteiger partial charge < -0.3 is 4.42 Å². The Morgan fingerprint density at radius 3 is 2.80 bits per heavy atom. The van der Waals surface area contributed by atoms with E-state index in [4.69, 9.17) is 4.42 Å². The van der Waals surface area contributed by atoms with Crippen molar-refractivity contribution < 1.29 is 17.6 Å². The minimum absolute atomic E-state index is 0.0773. The number of aryl methyl sites for hydroxylation is 3. The lowest BCUT2D eigenvalue weighted by molar-refractivity contribution is -0.121. The molecule has 8 nitrogen and oxygen atoms in total. The van der Waals surface area contributed by atoms with E-state index in [1.165, 1.54) is 6.07 Å². The molecule has 2 aromatic rings. The van der Waals surface area contributed by atoms with Crippen molar-refractivity contribution in [1.82, 2.24) is 14.5 Å². The van der Waals surface area contributed by atoms with Crippen LogP contribution in [0, 0.1) is 13.8 Å². The molecule has 3 rings (SSSR count). The fourth-order valence-electron chi connectivity index (χ4n) is 3.14.